The Hall–Kier alpha value is -0.730. The number of carboxylic acid groups (broad SMARTS) is 1. The first-order valence-electron chi connectivity index (χ1n) is 3.63. The first-order chi connectivity index (χ1) is 4.79. The molecule has 1 amide bonds. The maximum Gasteiger partial charge on any atom is 0.405 e. The summed E-state index contributed by atoms with van der Waals surface area (Å²) >= 11 is 0. The van der Waals surface area contributed by atoms with E-state index in [2.05, 4.69) is 5.32 Å². The van der Waals surface area contributed by atoms with E-state index in [4.69, 9.17) is 5.11 Å². The molecular formula is C7H12NO2. The van der Waals surface area contributed by atoms with Crippen LogP contribution in [0.1, 0.15) is 32.1 Å². The maximum absolute atomic E-state index is 10.1. The van der Waals surface area contributed by atoms with Crippen LogP contribution in [0.25, 0.3) is 0 Å². The third-order valence-corrected chi connectivity index (χ3v) is 1.74. The Kier molecular flexibility index (Phi) is 2.54. The highest BCUT2D eigenvalue weighted by Gasteiger charge is 2.15. The van der Waals surface area contributed by atoms with E-state index >= 15 is 0 Å². The van der Waals surface area contributed by atoms with Gasteiger partial charge in [0.2, 0.25) is 0 Å². The summed E-state index contributed by atoms with van der Waals surface area (Å²) in [5, 5.41) is 10.7. The first-order valence-corrected chi connectivity index (χ1v) is 3.63. The molecule has 0 spiro atoms. The minimum Gasteiger partial charge on any atom is -0.465 e. The summed E-state index contributed by atoms with van der Waals surface area (Å²) in [6.07, 6.45) is 4.46. The molecule has 0 aromatic carbocycles. The highest BCUT2D eigenvalue weighted by atomic mass is 16.4. The highest BCUT2D eigenvalue weighted by molar-refractivity contribution is 5.66. The van der Waals surface area contributed by atoms with Crippen molar-refractivity contribution in [3.05, 3.63) is 6.04 Å². The molecule has 0 aromatic rings. The minimum absolute atomic E-state index is 0.920. The van der Waals surface area contributed by atoms with Crippen LogP contribution in [0.5, 0.6) is 0 Å². The largest absolute Gasteiger partial charge is 0.465 e. The third-order valence-electron chi connectivity index (χ3n) is 1.74. The van der Waals surface area contributed by atoms with Crippen molar-refractivity contribution in [3.8, 4) is 0 Å². The minimum atomic E-state index is -0.920. The number of carbonyl (C=O) groups is 1. The highest BCUT2D eigenvalue weighted by Crippen LogP contribution is 2.22. The van der Waals surface area contributed by atoms with Crippen LogP contribution in [0.2, 0.25) is 0 Å². The molecule has 1 saturated carbocycles. The van der Waals surface area contributed by atoms with Gasteiger partial charge in [-0.05, 0) is 12.8 Å². The SMILES string of the molecule is O=C(O)N[C]1CCCCC1. The van der Waals surface area contributed by atoms with Crippen molar-refractivity contribution < 1.29 is 9.90 Å². The van der Waals surface area contributed by atoms with E-state index in [0.29, 0.717) is 0 Å². The summed E-state index contributed by atoms with van der Waals surface area (Å²) in [6, 6.07) is 0.985. The molecule has 2 N–H and O–H groups in total. The van der Waals surface area contributed by atoms with Gasteiger partial charge in [0.25, 0.3) is 0 Å². The Morgan fingerprint density at radius 2 is 1.90 bits per heavy atom. The van der Waals surface area contributed by atoms with Gasteiger partial charge in [0, 0.05) is 0 Å². The van der Waals surface area contributed by atoms with Gasteiger partial charge in [-0.3, -0.25) is 0 Å². The lowest BCUT2D eigenvalue weighted by Gasteiger charge is -2.19. The molecule has 0 aromatic heterocycles. The van der Waals surface area contributed by atoms with Crippen molar-refractivity contribution >= 4 is 6.09 Å². The molecule has 1 rings (SSSR count). The van der Waals surface area contributed by atoms with Gasteiger partial charge in [-0.25, -0.2) is 4.79 Å². The molecular weight excluding hydrogens is 130 g/mol. The summed E-state index contributed by atoms with van der Waals surface area (Å²) in [6.45, 7) is 0. The zero-order chi connectivity index (χ0) is 7.40. The van der Waals surface area contributed by atoms with Gasteiger partial charge in [-0.1, -0.05) is 19.3 Å². The van der Waals surface area contributed by atoms with Gasteiger partial charge >= 0.3 is 6.09 Å². The Morgan fingerprint density at radius 3 is 2.40 bits per heavy atom. The van der Waals surface area contributed by atoms with Crippen molar-refractivity contribution in [2.45, 2.75) is 32.1 Å². The Morgan fingerprint density at radius 1 is 1.30 bits per heavy atom. The molecule has 0 bridgehead atoms. The molecule has 0 heterocycles. The van der Waals surface area contributed by atoms with Gasteiger partial charge in [-0.15, -0.1) is 0 Å². The van der Waals surface area contributed by atoms with Gasteiger partial charge < -0.3 is 10.4 Å². The fraction of sp³-hybridized carbons (Fsp3) is 0.714. The molecule has 57 valence electrons. The smallest absolute Gasteiger partial charge is 0.405 e. The lowest BCUT2D eigenvalue weighted by atomic mass is 9.96. The van der Waals surface area contributed by atoms with Crippen LogP contribution < -0.4 is 5.32 Å². The van der Waals surface area contributed by atoms with Crippen molar-refractivity contribution in [3.63, 3.8) is 0 Å². The molecule has 0 aliphatic heterocycles. The van der Waals surface area contributed by atoms with Crippen LogP contribution in [0.4, 0.5) is 4.79 Å². The molecule has 0 atom stereocenters. The molecule has 3 heteroatoms. The van der Waals surface area contributed by atoms with Crippen LogP contribution in [-0.2, 0) is 0 Å². The first kappa shape index (κ1) is 7.38. The van der Waals surface area contributed by atoms with E-state index in [-0.39, 0.29) is 0 Å². The van der Waals surface area contributed by atoms with Crippen molar-refractivity contribution in [1.29, 1.82) is 0 Å². The van der Waals surface area contributed by atoms with E-state index in [9.17, 15) is 4.79 Å². The quantitative estimate of drug-likeness (QED) is 0.586. The number of nitrogens with one attached hydrogen (secondary N) is 1. The van der Waals surface area contributed by atoms with Gasteiger partial charge in [0.1, 0.15) is 0 Å². The van der Waals surface area contributed by atoms with Crippen molar-refractivity contribution in [1.82, 2.24) is 5.32 Å². The standard InChI is InChI=1S/C7H12NO2/c9-7(10)8-6-4-2-1-3-5-6/h8H,1-5H2,(H,9,10). The molecule has 0 unspecified atom stereocenters. The lowest BCUT2D eigenvalue weighted by Crippen LogP contribution is -2.28. The van der Waals surface area contributed by atoms with Gasteiger partial charge in [-0.2, -0.15) is 0 Å². The average Bonchev–Trinajstić information content (AvgIpc) is 1.88. The van der Waals surface area contributed by atoms with Crippen LogP contribution in [0.3, 0.4) is 0 Å². The van der Waals surface area contributed by atoms with E-state index in [1.54, 1.807) is 0 Å². The van der Waals surface area contributed by atoms with Crippen LogP contribution in [0, 0.1) is 6.04 Å². The third kappa shape index (κ3) is 2.25. The molecule has 0 saturated heterocycles. The number of amides is 1. The van der Waals surface area contributed by atoms with Crippen LogP contribution in [-0.4, -0.2) is 11.2 Å². The van der Waals surface area contributed by atoms with E-state index < -0.39 is 6.09 Å². The monoisotopic (exact) mass is 142 g/mol. The van der Waals surface area contributed by atoms with Gasteiger partial charge in [0.15, 0.2) is 0 Å². The predicted octanol–water partition coefficient (Wildman–Crippen LogP) is 1.75. The normalized spacial score (nSPS) is 20.4. The van der Waals surface area contributed by atoms with Crippen molar-refractivity contribution in [2.75, 3.05) is 0 Å². The second kappa shape index (κ2) is 3.44. The number of hydrogen-bond donors (Lipinski definition) is 2. The Bertz CT molecular complexity index is 119. The summed E-state index contributed by atoms with van der Waals surface area (Å²) < 4.78 is 0. The maximum atomic E-state index is 10.1. The van der Waals surface area contributed by atoms with E-state index in [1.165, 1.54) is 6.42 Å². The number of rotatable bonds is 1. The van der Waals surface area contributed by atoms with Crippen LogP contribution >= 0.6 is 0 Å². The molecule has 1 aliphatic rings. The summed E-state index contributed by atoms with van der Waals surface area (Å²) in [4.78, 5) is 10.1. The molecule has 1 fully saturated rings. The zero-order valence-electron chi connectivity index (χ0n) is 5.89. The Labute approximate surface area is 60.4 Å². The van der Waals surface area contributed by atoms with Crippen LogP contribution in [0.15, 0.2) is 0 Å². The summed E-state index contributed by atoms with van der Waals surface area (Å²) in [5.41, 5.74) is 0. The summed E-state index contributed by atoms with van der Waals surface area (Å²) in [7, 11) is 0. The molecule has 1 aliphatic carbocycles. The zero-order valence-corrected chi connectivity index (χ0v) is 5.89. The fourth-order valence-corrected chi connectivity index (χ4v) is 1.25. The second-order valence-electron chi connectivity index (χ2n) is 2.59. The molecule has 1 radical (unpaired) electrons. The predicted molar refractivity (Wildman–Crippen MR) is 37.5 cm³/mol. The van der Waals surface area contributed by atoms with E-state index in [0.717, 1.165) is 31.7 Å². The second-order valence-corrected chi connectivity index (χ2v) is 2.59. The molecule has 3 nitrogen and oxygen atoms in total. The lowest BCUT2D eigenvalue weighted by molar-refractivity contribution is 0.193. The van der Waals surface area contributed by atoms with E-state index in [1.807, 2.05) is 0 Å². The average molecular weight is 142 g/mol. The Balaban J connectivity index is 2.19. The van der Waals surface area contributed by atoms with Crippen molar-refractivity contribution in [2.24, 2.45) is 0 Å². The number of hydrogen-bond acceptors (Lipinski definition) is 1. The topological polar surface area (TPSA) is 49.3 Å². The fourth-order valence-electron chi connectivity index (χ4n) is 1.25. The molecule has 10 heavy (non-hydrogen) atoms. The van der Waals surface area contributed by atoms with Gasteiger partial charge in [0.05, 0.1) is 6.04 Å². The summed E-state index contributed by atoms with van der Waals surface area (Å²) in [5.74, 6) is 0.